The summed E-state index contributed by atoms with van der Waals surface area (Å²) in [5.74, 6) is 0.249. The molecule has 0 aromatic heterocycles. The van der Waals surface area contributed by atoms with Crippen LogP contribution in [-0.2, 0) is 30.2 Å². The summed E-state index contributed by atoms with van der Waals surface area (Å²) in [5.41, 5.74) is -0.0346. The molecule has 146 valence electrons. The highest BCUT2D eigenvalue weighted by Gasteiger charge is 2.83. The van der Waals surface area contributed by atoms with E-state index in [0.29, 0.717) is 31.1 Å². The van der Waals surface area contributed by atoms with Crippen LogP contribution >= 0.6 is 0 Å². The van der Waals surface area contributed by atoms with Crippen molar-refractivity contribution in [3.8, 4) is 11.5 Å². The molecule has 6 atom stereocenters. The first kappa shape index (κ1) is 18.1. The van der Waals surface area contributed by atoms with Gasteiger partial charge in [-0.2, -0.15) is 0 Å². The summed E-state index contributed by atoms with van der Waals surface area (Å²) in [5, 5.41) is 0. The largest absolute Gasteiger partial charge is 0.486 e. The predicted octanol–water partition coefficient (Wildman–Crippen LogP) is 1.83. The van der Waals surface area contributed by atoms with E-state index in [1.165, 1.54) is 0 Å². The molecule has 8 heteroatoms. The number of likely N-dealkylation sites (N-methyl/N-ethyl adjacent to an activating group) is 1. The number of rotatable bonds is 1. The lowest BCUT2D eigenvalue weighted by molar-refractivity contribution is -0.147. The number of amides is 1. The second-order valence-electron chi connectivity index (χ2n) is 8.37. The number of fused-ring (bicyclic) bond motifs is 2. The van der Waals surface area contributed by atoms with Crippen molar-refractivity contribution < 1.29 is 19.1 Å². The lowest BCUT2D eigenvalue weighted by atomic mass is 9.73. The number of Topliss-reactive ketones (excluding diaryl/α,β-unsaturated/α-hetero) is 1. The number of likely N-dealkylation sites (tertiary alicyclic amines) is 1. The van der Waals surface area contributed by atoms with E-state index in [2.05, 4.69) is 4.85 Å². The average Bonchev–Trinajstić information content (AvgIpc) is 3.13. The van der Waals surface area contributed by atoms with Gasteiger partial charge in [0.15, 0.2) is 17.3 Å². The van der Waals surface area contributed by atoms with Crippen LogP contribution in [0.2, 0.25) is 0 Å². The quantitative estimate of drug-likeness (QED) is 0.654. The second kappa shape index (κ2) is 5.33. The van der Waals surface area contributed by atoms with Gasteiger partial charge in [-0.05, 0) is 35.8 Å². The molecule has 2 bridgehead atoms. The van der Waals surface area contributed by atoms with Crippen LogP contribution in [0.25, 0.3) is 4.85 Å². The first-order valence-corrected chi connectivity index (χ1v) is 11.4. The molecule has 1 aromatic rings. The molecule has 3 unspecified atom stereocenters. The normalized spacial score (nSPS) is 43.2. The van der Waals surface area contributed by atoms with Gasteiger partial charge in [0.25, 0.3) is 0 Å². The van der Waals surface area contributed by atoms with Gasteiger partial charge in [0.05, 0.1) is 18.3 Å². The molecule has 1 saturated carbocycles. The molecule has 3 aliphatic heterocycles. The van der Waals surface area contributed by atoms with Crippen LogP contribution in [-0.4, -0.2) is 52.0 Å². The fourth-order valence-electron chi connectivity index (χ4n) is 5.63. The van der Waals surface area contributed by atoms with Gasteiger partial charge >= 0.3 is 0 Å². The Balaban J connectivity index is 1.71. The van der Waals surface area contributed by atoms with E-state index >= 15 is 0 Å². The van der Waals surface area contributed by atoms with E-state index < -0.39 is 36.4 Å². The van der Waals surface area contributed by atoms with E-state index in [-0.39, 0.29) is 11.7 Å². The third-order valence-electron chi connectivity index (χ3n) is 7.05. The lowest BCUT2D eigenvalue weighted by Crippen LogP contribution is -2.56. The Morgan fingerprint density at radius 1 is 1.21 bits per heavy atom. The number of nitrogens with zero attached hydrogens (tertiary/aromatic N) is 2. The van der Waals surface area contributed by atoms with Crippen molar-refractivity contribution in [2.45, 2.75) is 41.3 Å². The molecule has 0 N–H and O–H groups in total. The zero-order chi connectivity index (χ0) is 20.1. The summed E-state index contributed by atoms with van der Waals surface area (Å²) in [4.78, 5) is 31.4. The summed E-state index contributed by atoms with van der Waals surface area (Å²) >= 11 is 5.83. The molecule has 1 amide bonds. The number of carbonyl (C=O) groups excluding carboxylic acids is 2. The summed E-state index contributed by atoms with van der Waals surface area (Å²) in [6.07, 6.45) is 0.324. The monoisotopic (exact) mass is 416 g/mol. The third kappa shape index (κ3) is 1.76. The topological polar surface area (TPSA) is 60.2 Å². The van der Waals surface area contributed by atoms with Gasteiger partial charge in [0.1, 0.15) is 22.8 Å². The van der Waals surface area contributed by atoms with Crippen LogP contribution in [0.5, 0.6) is 11.5 Å². The zero-order valence-electron chi connectivity index (χ0n) is 15.9. The number of hydrogen-bond acceptors (Lipinski definition) is 5. The Morgan fingerprint density at radius 2 is 1.89 bits per heavy atom. The van der Waals surface area contributed by atoms with Crippen molar-refractivity contribution >= 4 is 32.3 Å². The summed E-state index contributed by atoms with van der Waals surface area (Å²) in [7, 11) is 0.804. The Labute approximate surface area is 170 Å². The van der Waals surface area contributed by atoms with Gasteiger partial charge in [0, 0.05) is 14.0 Å². The van der Waals surface area contributed by atoms with Crippen LogP contribution in [0, 0.1) is 12.5 Å². The maximum absolute atomic E-state index is 13.6. The minimum absolute atomic E-state index is 0.000183. The number of ketones is 1. The number of piperidine rings is 1. The SMILES string of the molecule is [C-]#[N+][C@@]1(C)C[C@]23C(=O)N(C)[C@](C)(C(=O)C2C1c1ccc2c(c1)OCCO2)S3=S. The number of ether oxygens (including phenoxy) is 2. The lowest BCUT2D eigenvalue weighted by Gasteiger charge is -2.35. The number of carbonyl (C=O) groups is 2. The minimum Gasteiger partial charge on any atom is -0.486 e. The highest BCUT2D eigenvalue weighted by atomic mass is 32.8. The van der Waals surface area contributed by atoms with Gasteiger partial charge in [-0.3, -0.25) is 9.59 Å². The predicted molar refractivity (Wildman–Crippen MR) is 107 cm³/mol. The van der Waals surface area contributed by atoms with Crippen molar-refractivity contribution in [3.63, 3.8) is 0 Å². The molecule has 1 spiro atoms. The van der Waals surface area contributed by atoms with E-state index in [1.54, 1.807) is 18.9 Å². The van der Waals surface area contributed by atoms with Gasteiger partial charge < -0.3 is 19.2 Å². The van der Waals surface area contributed by atoms with Crippen molar-refractivity contribution in [3.05, 3.63) is 35.2 Å². The van der Waals surface area contributed by atoms with Crippen molar-refractivity contribution in [2.75, 3.05) is 20.3 Å². The molecule has 4 aliphatic rings. The minimum atomic E-state index is -0.952. The molecular weight excluding hydrogens is 396 g/mol. The smallest absolute Gasteiger partial charge is 0.241 e. The first-order valence-electron chi connectivity index (χ1n) is 9.24. The highest BCUT2D eigenvalue weighted by Crippen LogP contribution is 2.67. The molecule has 5 rings (SSSR count). The van der Waals surface area contributed by atoms with Crippen LogP contribution in [0.3, 0.4) is 0 Å². The van der Waals surface area contributed by atoms with E-state index in [0.717, 1.165) is 5.56 Å². The summed E-state index contributed by atoms with van der Waals surface area (Å²) in [6.45, 7) is 12.5. The maximum Gasteiger partial charge on any atom is 0.241 e. The van der Waals surface area contributed by atoms with E-state index in [9.17, 15) is 9.59 Å². The Hall–Kier alpha value is -1.98. The second-order valence-corrected chi connectivity index (χ2v) is 11.4. The maximum atomic E-state index is 13.6. The highest BCUT2D eigenvalue weighted by molar-refractivity contribution is 8.31. The molecule has 6 nitrogen and oxygen atoms in total. The molecule has 2 saturated heterocycles. The van der Waals surface area contributed by atoms with Crippen LogP contribution < -0.4 is 9.47 Å². The molecule has 0 radical (unpaired) electrons. The van der Waals surface area contributed by atoms with Gasteiger partial charge in [-0.1, -0.05) is 15.5 Å². The number of hydrogen-bond donors (Lipinski definition) is 0. The standard InChI is InChI=1S/C20H20N2O4S2/c1-18(21-3)10-20-15(16(23)19(2,28(20)27)22(4)17(20)24)14(18)11-5-6-12-13(9-11)26-8-7-25-12/h5-6,9,14-15H,7-8,10H2,1-2,4H3/t14?,15?,18-,19-,20+,28?/m0/s1. The van der Waals surface area contributed by atoms with Crippen molar-refractivity contribution in [1.29, 1.82) is 0 Å². The molecule has 28 heavy (non-hydrogen) atoms. The summed E-state index contributed by atoms with van der Waals surface area (Å²) < 4.78 is 10.4. The van der Waals surface area contributed by atoms with Crippen LogP contribution in [0.4, 0.5) is 0 Å². The zero-order valence-corrected chi connectivity index (χ0v) is 17.5. The molecule has 1 aliphatic carbocycles. The first-order chi connectivity index (χ1) is 13.2. The Bertz CT molecular complexity index is 1020. The average molecular weight is 417 g/mol. The third-order valence-corrected chi connectivity index (χ3v) is 11.3. The molecule has 3 heterocycles. The van der Waals surface area contributed by atoms with Gasteiger partial charge in [-0.15, -0.1) is 0 Å². The Kier molecular flexibility index (Phi) is 3.44. The number of benzene rings is 1. The Morgan fingerprint density at radius 3 is 2.57 bits per heavy atom. The molecule has 3 fully saturated rings. The van der Waals surface area contributed by atoms with E-state index in [4.69, 9.17) is 27.2 Å². The van der Waals surface area contributed by atoms with Gasteiger partial charge in [0.2, 0.25) is 11.4 Å². The summed E-state index contributed by atoms with van der Waals surface area (Å²) in [6, 6.07) is 5.61. The van der Waals surface area contributed by atoms with Crippen LogP contribution in [0.1, 0.15) is 31.7 Å². The fourth-order valence-corrected chi connectivity index (χ4v) is 9.45. The molecular formula is C20H20N2O4S2. The van der Waals surface area contributed by atoms with E-state index in [1.807, 2.05) is 25.1 Å². The van der Waals surface area contributed by atoms with Gasteiger partial charge in [-0.25, -0.2) is 6.57 Å². The fraction of sp³-hybridized carbons (Fsp3) is 0.550. The van der Waals surface area contributed by atoms with Crippen LogP contribution in [0.15, 0.2) is 18.2 Å². The van der Waals surface area contributed by atoms with Crippen molar-refractivity contribution in [2.24, 2.45) is 5.92 Å². The van der Waals surface area contributed by atoms with Crippen molar-refractivity contribution in [1.82, 2.24) is 4.90 Å². The molecule has 1 aromatic carbocycles.